The lowest BCUT2D eigenvalue weighted by molar-refractivity contribution is -0.132. The van der Waals surface area contributed by atoms with Crippen LogP contribution in [0.15, 0.2) is 0 Å². The molecule has 1 amide bonds. The second-order valence-corrected chi connectivity index (χ2v) is 6.03. The lowest BCUT2D eigenvalue weighted by Gasteiger charge is -2.36. The first-order valence-corrected chi connectivity index (χ1v) is 6.89. The van der Waals surface area contributed by atoms with Gasteiger partial charge < -0.3 is 10.6 Å². The van der Waals surface area contributed by atoms with Gasteiger partial charge in [0.15, 0.2) is 0 Å². The average molecular weight is 228 g/mol. The van der Waals surface area contributed by atoms with E-state index in [4.69, 9.17) is 5.73 Å². The van der Waals surface area contributed by atoms with Crippen molar-refractivity contribution in [3.63, 3.8) is 0 Å². The van der Waals surface area contributed by atoms with Crippen molar-refractivity contribution in [2.75, 3.05) is 18.8 Å². The van der Waals surface area contributed by atoms with Crippen molar-refractivity contribution in [2.24, 2.45) is 11.7 Å². The number of thioether (sulfide) groups is 1. The molecule has 3 atom stereocenters. The number of piperidine rings is 1. The summed E-state index contributed by atoms with van der Waals surface area (Å²) in [6.45, 7) is 3.85. The summed E-state index contributed by atoms with van der Waals surface area (Å²) in [5.74, 6) is 2.04. The Morgan fingerprint density at radius 2 is 2.27 bits per heavy atom. The molecule has 4 heteroatoms. The highest BCUT2D eigenvalue weighted by Gasteiger charge is 2.32. The largest absolute Gasteiger partial charge is 0.340 e. The highest BCUT2D eigenvalue weighted by atomic mass is 32.2. The van der Waals surface area contributed by atoms with Crippen molar-refractivity contribution >= 4 is 17.7 Å². The topological polar surface area (TPSA) is 46.3 Å². The molecular formula is C11H20N2OS. The summed E-state index contributed by atoms with van der Waals surface area (Å²) >= 11 is 1.81. The van der Waals surface area contributed by atoms with E-state index in [1.165, 1.54) is 6.42 Å². The predicted molar refractivity (Wildman–Crippen MR) is 63.8 cm³/mol. The number of hydrogen-bond donors (Lipinski definition) is 1. The van der Waals surface area contributed by atoms with E-state index in [-0.39, 0.29) is 11.3 Å². The van der Waals surface area contributed by atoms with Gasteiger partial charge in [-0.3, -0.25) is 4.79 Å². The zero-order chi connectivity index (χ0) is 10.8. The number of amides is 1. The van der Waals surface area contributed by atoms with Gasteiger partial charge >= 0.3 is 0 Å². The number of nitrogens with two attached hydrogens (primary N) is 1. The van der Waals surface area contributed by atoms with Crippen LogP contribution in [0.4, 0.5) is 0 Å². The molecule has 2 heterocycles. The summed E-state index contributed by atoms with van der Waals surface area (Å²) in [6.07, 6.45) is 3.31. The Balaban J connectivity index is 1.90. The van der Waals surface area contributed by atoms with Gasteiger partial charge in [0.2, 0.25) is 5.91 Å². The summed E-state index contributed by atoms with van der Waals surface area (Å²) in [6, 6.07) is 0.175. The summed E-state index contributed by atoms with van der Waals surface area (Å²) in [7, 11) is 0. The van der Waals surface area contributed by atoms with Crippen LogP contribution in [0, 0.1) is 5.92 Å². The van der Waals surface area contributed by atoms with Crippen molar-refractivity contribution < 1.29 is 4.79 Å². The smallest absolute Gasteiger partial charge is 0.235 e. The number of hydrogen-bond acceptors (Lipinski definition) is 3. The van der Waals surface area contributed by atoms with E-state index < -0.39 is 0 Å². The molecule has 2 aliphatic rings. The maximum absolute atomic E-state index is 12.1. The van der Waals surface area contributed by atoms with E-state index in [0.717, 1.165) is 31.7 Å². The number of likely N-dealkylation sites (tertiary alicyclic amines) is 1. The van der Waals surface area contributed by atoms with Crippen molar-refractivity contribution in [2.45, 2.75) is 37.5 Å². The number of carbonyl (C=O) groups is 1. The minimum absolute atomic E-state index is 0.175. The molecule has 2 rings (SSSR count). The van der Waals surface area contributed by atoms with Gasteiger partial charge in [-0.1, -0.05) is 6.92 Å². The van der Waals surface area contributed by atoms with Gasteiger partial charge in [-0.25, -0.2) is 0 Å². The van der Waals surface area contributed by atoms with Crippen LogP contribution in [0.25, 0.3) is 0 Å². The quantitative estimate of drug-likeness (QED) is 0.730. The highest BCUT2D eigenvalue weighted by molar-refractivity contribution is 8.00. The van der Waals surface area contributed by atoms with E-state index in [1.807, 2.05) is 16.7 Å². The normalized spacial score (nSPS) is 36.9. The maximum Gasteiger partial charge on any atom is 0.235 e. The Kier molecular flexibility index (Phi) is 3.57. The van der Waals surface area contributed by atoms with Crippen LogP contribution in [-0.4, -0.2) is 40.9 Å². The van der Waals surface area contributed by atoms with Crippen LogP contribution in [0.2, 0.25) is 0 Å². The Morgan fingerprint density at radius 3 is 2.87 bits per heavy atom. The van der Waals surface area contributed by atoms with Gasteiger partial charge in [0.25, 0.3) is 0 Å². The number of rotatable bonds is 1. The van der Waals surface area contributed by atoms with Gasteiger partial charge in [0.05, 0.1) is 5.25 Å². The summed E-state index contributed by atoms with van der Waals surface area (Å²) in [5.41, 5.74) is 6.00. The second-order valence-electron chi connectivity index (χ2n) is 4.72. The fourth-order valence-electron chi connectivity index (χ4n) is 2.28. The van der Waals surface area contributed by atoms with Crippen LogP contribution < -0.4 is 5.73 Å². The zero-order valence-corrected chi connectivity index (χ0v) is 10.1. The van der Waals surface area contributed by atoms with E-state index in [1.54, 1.807) is 0 Å². The first-order chi connectivity index (χ1) is 7.18. The van der Waals surface area contributed by atoms with Gasteiger partial charge in [-0.15, -0.1) is 11.8 Å². The molecule has 86 valence electrons. The standard InChI is InChI=1S/C11H20N2OS/c1-8-4-5-13(7-9(8)12)11(14)10-3-2-6-15-10/h8-10H,2-7,12H2,1H3. The molecule has 2 saturated heterocycles. The molecule has 0 radical (unpaired) electrons. The first kappa shape index (κ1) is 11.3. The lowest BCUT2D eigenvalue weighted by Crippen LogP contribution is -2.51. The monoisotopic (exact) mass is 228 g/mol. The van der Waals surface area contributed by atoms with Crippen molar-refractivity contribution in [3.05, 3.63) is 0 Å². The third-order valence-corrected chi connectivity index (χ3v) is 4.90. The fraction of sp³-hybridized carbons (Fsp3) is 0.909. The van der Waals surface area contributed by atoms with E-state index in [9.17, 15) is 4.79 Å². The van der Waals surface area contributed by atoms with Gasteiger partial charge in [0, 0.05) is 19.1 Å². The summed E-state index contributed by atoms with van der Waals surface area (Å²) in [5, 5.41) is 0.227. The molecule has 15 heavy (non-hydrogen) atoms. The maximum atomic E-state index is 12.1. The molecule has 2 aliphatic heterocycles. The molecule has 0 spiro atoms. The van der Waals surface area contributed by atoms with Crippen molar-refractivity contribution in [1.29, 1.82) is 0 Å². The first-order valence-electron chi connectivity index (χ1n) is 5.84. The van der Waals surface area contributed by atoms with E-state index in [2.05, 4.69) is 6.92 Å². The molecule has 0 aromatic rings. The Morgan fingerprint density at radius 1 is 1.47 bits per heavy atom. The summed E-state index contributed by atoms with van der Waals surface area (Å²) in [4.78, 5) is 14.1. The minimum Gasteiger partial charge on any atom is -0.340 e. The Labute approximate surface area is 95.8 Å². The van der Waals surface area contributed by atoms with Gasteiger partial charge in [0.1, 0.15) is 0 Å². The molecule has 0 aromatic carbocycles. The zero-order valence-electron chi connectivity index (χ0n) is 9.32. The van der Waals surface area contributed by atoms with Crippen LogP contribution >= 0.6 is 11.8 Å². The Bertz CT molecular complexity index is 241. The molecule has 0 aliphatic carbocycles. The van der Waals surface area contributed by atoms with Crippen LogP contribution in [0.5, 0.6) is 0 Å². The Hall–Kier alpha value is -0.220. The molecule has 2 N–H and O–H groups in total. The number of nitrogens with zero attached hydrogens (tertiary/aromatic N) is 1. The van der Waals surface area contributed by atoms with Gasteiger partial charge in [-0.2, -0.15) is 0 Å². The minimum atomic E-state index is 0.175. The van der Waals surface area contributed by atoms with E-state index in [0.29, 0.717) is 11.8 Å². The van der Waals surface area contributed by atoms with Crippen LogP contribution in [0.1, 0.15) is 26.2 Å². The lowest BCUT2D eigenvalue weighted by atomic mass is 9.94. The molecule has 0 bridgehead atoms. The fourth-order valence-corrected chi connectivity index (χ4v) is 3.52. The van der Waals surface area contributed by atoms with Crippen LogP contribution in [0.3, 0.4) is 0 Å². The molecular weight excluding hydrogens is 208 g/mol. The van der Waals surface area contributed by atoms with E-state index >= 15 is 0 Å². The third kappa shape index (κ3) is 2.48. The number of carbonyl (C=O) groups excluding carboxylic acids is 1. The predicted octanol–water partition coefficient (Wildman–Crippen LogP) is 1.08. The van der Waals surface area contributed by atoms with Crippen LogP contribution in [-0.2, 0) is 4.79 Å². The van der Waals surface area contributed by atoms with Crippen molar-refractivity contribution in [1.82, 2.24) is 4.90 Å². The molecule has 3 nitrogen and oxygen atoms in total. The second kappa shape index (κ2) is 4.74. The highest BCUT2D eigenvalue weighted by Crippen LogP contribution is 2.29. The SMILES string of the molecule is CC1CCN(C(=O)C2CCCS2)CC1N. The molecule has 2 fully saturated rings. The third-order valence-electron chi connectivity index (χ3n) is 3.53. The molecule has 0 saturated carbocycles. The van der Waals surface area contributed by atoms with Gasteiger partial charge in [-0.05, 0) is 30.9 Å². The summed E-state index contributed by atoms with van der Waals surface area (Å²) < 4.78 is 0. The molecule has 0 aromatic heterocycles. The average Bonchev–Trinajstić information content (AvgIpc) is 2.74. The molecule has 3 unspecified atom stereocenters. The van der Waals surface area contributed by atoms with Crippen molar-refractivity contribution in [3.8, 4) is 0 Å².